The van der Waals surface area contributed by atoms with Crippen LogP contribution >= 0.6 is 23.2 Å². The van der Waals surface area contributed by atoms with Gasteiger partial charge in [-0.2, -0.15) is 0 Å². The zero-order valence-corrected chi connectivity index (χ0v) is 11.5. The SMILES string of the molecule is O=C(O)C1(c2ccc3nc(Cl)ccc3c2Cl)CCC1. The first kappa shape index (κ1) is 12.7. The number of aliphatic carboxylic acids is 1. The zero-order chi connectivity index (χ0) is 13.6. The molecule has 1 aliphatic rings. The highest BCUT2D eigenvalue weighted by Gasteiger charge is 2.47. The summed E-state index contributed by atoms with van der Waals surface area (Å²) >= 11 is 12.2. The van der Waals surface area contributed by atoms with Crippen molar-refractivity contribution in [2.45, 2.75) is 24.7 Å². The molecule has 1 aliphatic carbocycles. The number of halogens is 2. The number of benzene rings is 1. The third-order valence-corrected chi connectivity index (χ3v) is 4.52. The molecule has 0 radical (unpaired) electrons. The third-order valence-electron chi connectivity index (χ3n) is 3.90. The highest BCUT2D eigenvalue weighted by atomic mass is 35.5. The Kier molecular flexibility index (Phi) is 2.91. The van der Waals surface area contributed by atoms with Crippen molar-refractivity contribution in [1.29, 1.82) is 0 Å². The van der Waals surface area contributed by atoms with E-state index in [1.807, 2.05) is 0 Å². The second-order valence-corrected chi connectivity index (χ2v) is 5.63. The van der Waals surface area contributed by atoms with Crippen molar-refractivity contribution in [2.24, 2.45) is 0 Å². The van der Waals surface area contributed by atoms with Gasteiger partial charge in [0.25, 0.3) is 0 Å². The Morgan fingerprint density at radius 1 is 1.21 bits per heavy atom. The van der Waals surface area contributed by atoms with E-state index in [-0.39, 0.29) is 0 Å². The van der Waals surface area contributed by atoms with Gasteiger partial charge in [0, 0.05) is 5.39 Å². The van der Waals surface area contributed by atoms with Crippen molar-refractivity contribution < 1.29 is 9.90 Å². The summed E-state index contributed by atoms with van der Waals surface area (Å²) in [6.45, 7) is 0. The molecule has 0 spiro atoms. The summed E-state index contributed by atoms with van der Waals surface area (Å²) in [6, 6.07) is 6.99. The first-order valence-electron chi connectivity index (χ1n) is 6.03. The molecule has 1 heterocycles. The molecule has 3 nitrogen and oxygen atoms in total. The van der Waals surface area contributed by atoms with Crippen LogP contribution in [0, 0.1) is 0 Å². The number of hydrogen-bond acceptors (Lipinski definition) is 2. The standard InChI is InChI=1S/C14H11Cl2NO2/c15-11-5-2-8-10(17-11)4-3-9(12(8)16)14(13(18)19)6-1-7-14/h2-5H,1,6-7H2,(H,18,19). The van der Waals surface area contributed by atoms with Gasteiger partial charge in [-0.1, -0.05) is 35.7 Å². The van der Waals surface area contributed by atoms with Crippen LogP contribution in [0.1, 0.15) is 24.8 Å². The Bertz CT molecular complexity index is 680. The average molecular weight is 296 g/mol. The fourth-order valence-corrected chi connectivity index (χ4v) is 3.20. The number of carbonyl (C=O) groups is 1. The molecule has 98 valence electrons. The molecular formula is C14H11Cl2NO2. The Labute approximate surface area is 120 Å². The highest BCUT2D eigenvalue weighted by Crippen LogP contribution is 2.47. The minimum Gasteiger partial charge on any atom is -0.481 e. The molecule has 0 atom stereocenters. The number of rotatable bonds is 2. The lowest BCUT2D eigenvalue weighted by Crippen LogP contribution is -2.42. The zero-order valence-electron chi connectivity index (χ0n) is 9.99. The Morgan fingerprint density at radius 2 is 1.95 bits per heavy atom. The molecule has 0 unspecified atom stereocenters. The monoisotopic (exact) mass is 295 g/mol. The smallest absolute Gasteiger partial charge is 0.314 e. The van der Waals surface area contributed by atoms with Gasteiger partial charge >= 0.3 is 5.97 Å². The van der Waals surface area contributed by atoms with Crippen molar-refractivity contribution in [3.63, 3.8) is 0 Å². The normalized spacial score (nSPS) is 17.2. The molecule has 3 rings (SSSR count). The van der Waals surface area contributed by atoms with Crippen molar-refractivity contribution in [2.75, 3.05) is 0 Å². The minimum atomic E-state index is -0.828. The lowest BCUT2D eigenvalue weighted by molar-refractivity contribution is -0.147. The van der Waals surface area contributed by atoms with Crippen molar-refractivity contribution in [3.8, 4) is 0 Å². The summed E-state index contributed by atoms with van der Waals surface area (Å²) in [5.74, 6) is -0.804. The van der Waals surface area contributed by atoms with E-state index in [9.17, 15) is 9.90 Å². The molecule has 1 aromatic carbocycles. The number of aromatic nitrogens is 1. The number of fused-ring (bicyclic) bond motifs is 1. The molecule has 0 aliphatic heterocycles. The molecule has 1 fully saturated rings. The highest BCUT2D eigenvalue weighted by molar-refractivity contribution is 6.37. The Hall–Kier alpha value is -1.32. The quantitative estimate of drug-likeness (QED) is 0.851. The van der Waals surface area contributed by atoms with E-state index in [1.165, 1.54) is 0 Å². The van der Waals surface area contributed by atoms with E-state index < -0.39 is 11.4 Å². The van der Waals surface area contributed by atoms with Gasteiger partial charge in [0.2, 0.25) is 0 Å². The molecular weight excluding hydrogens is 285 g/mol. The average Bonchev–Trinajstić information content (AvgIpc) is 2.30. The fraction of sp³-hybridized carbons (Fsp3) is 0.286. The Morgan fingerprint density at radius 3 is 2.53 bits per heavy atom. The minimum absolute atomic E-state index is 0.396. The molecule has 19 heavy (non-hydrogen) atoms. The molecule has 0 amide bonds. The summed E-state index contributed by atoms with van der Waals surface area (Å²) in [4.78, 5) is 15.7. The number of carboxylic acid groups (broad SMARTS) is 1. The van der Waals surface area contributed by atoms with Gasteiger partial charge in [0.1, 0.15) is 5.15 Å². The van der Waals surface area contributed by atoms with Gasteiger partial charge in [-0.25, -0.2) is 4.98 Å². The number of pyridine rings is 1. The molecule has 1 saturated carbocycles. The maximum Gasteiger partial charge on any atom is 0.314 e. The molecule has 1 N–H and O–H groups in total. The van der Waals surface area contributed by atoms with Crippen LogP contribution in [-0.2, 0) is 10.2 Å². The van der Waals surface area contributed by atoms with Gasteiger partial charge in [0.05, 0.1) is 16.0 Å². The summed E-state index contributed by atoms with van der Waals surface area (Å²) < 4.78 is 0. The maximum atomic E-state index is 11.6. The van der Waals surface area contributed by atoms with Crippen LogP contribution in [0.2, 0.25) is 10.2 Å². The van der Waals surface area contributed by atoms with Crippen molar-refractivity contribution in [1.82, 2.24) is 4.98 Å². The van der Waals surface area contributed by atoms with Gasteiger partial charge in [-0.15, -0.1) is 0 Å². The van der Waals surface area contributed by atoms with Crippen molar-refractivity contribution in [3.05, 3.63) is 40.0 Å². The van der Waals surface area contributed by atoms with Gasteiger partial charge in [-0.05, 0) is 36.6 Å². The van der Waals surface area contributed by atoms with E-state index in [0.717, 1.165) is 11.8 Å². The molecule has 1 aromatic heterocycles. The van der Waals surface area contributed by atoms with Crippen LogP contribution in [0.3, 0.4) is 0 Å². The Balaban J connectivity index is 2.23. The van der Waals surface area contributed by atoms with Crippen LogP contribution in [0.25, 0.3) is 10.9 Å². The van der Waals surface area contributed by atoms with Crippen molar-refractivity contribution >= 4 is 40.1 Å². The lowest BCUT2D eigenvalue weighted by atomic mass is 9.64. The first-order valence-corrected chi connectivity index (χ1v) is 6.79. The van der Waals surface area contributed by atoms with E-state index in [4.69, 9.17) is 23.2 Å². The molecule has 2 aromatic rings. The van der Waals surface area contributed by atoms with E-state index in [0.29, 0.717) is 34.1 Å². The number of hydrogen-bond donors (Lipinski definition) is 1. The van der Waals surface area contributed by atoms with E-state index in [1.54, 1.807) is 24.3 Å². The number of carboxylic acids is 1. The fourth-order valence-electron chi connectivity index (χ4n) is 2.64. The second-order valence-electron chi connectivity index (χ2n) is 4.87. The van der Waals surface area contributed by atoms with Gasteiger partial charge in [0.15, 0.2) is 0 Å². The van der Waals surface area contributed by atoms with Crippen LogP contribution in [-0.4, -0.2) is 16.1 Å². The summed E-state index contributed by atoms with van der Waals surface area (Å²) in [5, 5.41) is 11.1. The van der Waals surface area contributed by atoms with Crippen LogP contribution < -0.4 is 0 Å². The largest absolute Gasteiger partial charge is 0.481 e. The summed E-state index contributed by atoms with van der Waals surface area (Å²) in [6.07, 6.45) is 2.18. The van der Waals surface area contributed by atoms with Gasteiger partial charge in [-0.3, -0.25) is 4.79 Å². The second kappa shape index (κ2) is 4.36. The topological polar surface area (TPSA) is 50.2 Å². The lowest BCUT2D eigenvalue weighted by Gasteiger charge is -2.38. The van der Waals surface area contributed by atoms with Gasteiger partial charge < -0.3 is 5.11 Å². The maximum absolute atomic E-state index is 11.6. The first-order chi connectivity index (χ1) is 9.04. The van der Waals surface area contributed by atoms with Crippen LogP contribution in [0.4, 0.5) is 0 Å². The number of nitrogens with zero attached hydrogens (tertiary/aromatic N) is 1. The van der Waals surface area contributed by atoms with E-state index in [2.05, 4.69) is 4.98 Å². The van der Waals surface area contributed by atoms with E-state index >= 15 is 0 Å². The predicted molar refractivity (Wildman–Crippen MR) is 74.9 cm³/mol. The molecule has 5 heteroatoms. The van der Waals surface area contributed by atoms with Crippen LogP contribution in [0.15, 0.2) is 24.3 Å². The molecule has 0 saturated heterocycles. The molecule has 0 bridgehead atoms. The van der Waals surface area contributed by atoms with Crippen LogP contribution in [0.5, 0.6) is 0 Å². The predicted octanol–water partition coefficient (Wildman–Crippen LogP) is 4.05. The summed E-state index contributed by atoms with van der Waals surface area (Å²) in [7, 11) is 0. The summed E-state index contributed by atoms with van der Waals surface area (Å²) in [5.41, 5.74) is 0.538. The third kappa shape index (κ3) is 1.80.